The molecule has 0 aliphatic carbocycles. The maximum absolute atomic E-state index is 13.8. The molecule has 1 amide bonds. The molecule has 0 fully saturated rings. The number of fused-ring (bicyclic) bond motifs is 1. The van der Waals surface area contributed by atoms with Gasteiger partial charge in [-0.05, 0) is 60.9 Å². The molecule has 1 aliphatic rings. The van der Waals surface area contributed by atoms with Gasteiger partial charge in [-0.3, -0.25) is 9.79 Å². The summed E-state index contributed by atoms with van der Waals surface area (Å²) in [5.74, 6) is -1.93. The zero-order valence-electron chi connectivity index (χ0n) is 19.2. The van der Waals surface area contributed by atoms with E-state index in [4.69, 9.17) is 4.74 Å². The second-order valence-electron chi connectivity index (χ2n) is 7.94. The Bertz CT molecular complexity index is 1080. The van der Waals surface area contributed by atoms with Crippen molar-refractivity contribution in [3.63, 3.8) is 0 Å². The number of rotatable bonds is 8. The van der Waals surface area contributed by atoms with Crippen LogP contribution in [0.4, 0.5) is 8.78 Å². The number of nitrogens with zero attached hydrogens (tertiary/aromatic N) is 2. The first kappa shape index (κ1) is 24.2. The van der Waals surface area contributed by atoms with Crippen molar-refractivity contribution in [1.29, 1.82) is 0 Å². The predicted molar refractivity (Wildman–Crippen MR) is 129 cm³/mol. The summed E-state index contributed by atoms with van der Waals surface area (Å²) < 4.78 is 33.6. The smallest absolute Gasteiger partial charge is 0.273 e. The lowest BCUT2D eigenvalue weighted by molar-refractivity contribution is -0.116. The van der Waals surface area contributed by atoms with Gasteiger partial charge in [-0.25, -0.2) is 8.78 Å². The van der Waals surface area contributed by atoms with Crippen LogP contribution in [0.3, 0.4) is 0 Å². The van der Waals surface area contributed by atoms with Crippen molar-refractivity contribution in [2.45, 2.75) is 39.2 Å². The van der Waals surface area contributed by atoms with Gasteiger partial charge < -0.3 is 15.0 Å². The van der Waals surface area contributed by atoms with Crippen LogP contribution in [0.2, 0.25) is 0 Å². The van der Waals surface area contributed by atoms with Gasteiger partial charge in [-0.1, -0.05) is 19.6 Å². The molecule has 1 aliphatic heterocycles. The summed E-state index contributed by atoms with van der Waals surface area (Å²) in [7, 11) is 1.55. The average Bonchev–Trinajstić information content (AvgIpc) is 2.83. The van der Waals surface area contributed by atoms with Crippen molar-refractivity contribution in [2.75, 3.05) is 13.6 Å². The van der Waals surface area contributed by atoms with Crippen molar-refractivity contribution < 1.29 is 19.7 Å². The van der Waals surface area contributed by atoms with Gasteiger partial charge in [-0.2, -0.15) is 0 Å². The monoisotopic (exact) mass is 455 g/mol. The molecule has 0 bridgehead atoms. The van der Waals surface area contributed by atoms with E-state index in [1.165, 1.54) is 30.8 Å². The molecule has 2 aromatic rings. The quantitative estimate of drug-likeness (QED) is 0.403. The normalized spacial score (nSPS) is 14.2. The molecule has 7 heteroatoms. The molecule has 3 rings (SSSR count). The molecule has 176 valence electrons. The second-order valence-corrected chi connectivity index (χ2v) is 7.94. The third-order valence-electron chi connectivity index (χ3n) is 5.66. The number of likely N-dealkylation sites (N-methyl/N-ethyl adjacent to an activating group) is 1. The van der Waals surface area contributed by atoms with Crippen LogP contribution >= 0.6 is 0 Å². The number of carbonyl (C=O) groups excluding carboxylic acids is 1. The van der Waals surface area contributed by atoms with Gasteiger partial charge >= 0.3 is 0 Å². The summed E-state index contributed by atoms with van der Waals surface area (Å²) in [6.07, 6.45) is 3.80. The number of aliphatic imine (C=N–C) groups is 1. The third-order valence-corrected chi connectivity index (χ3v) is 5.66. The maximum atomic E-state index is 13.8. The fourth-order valence-corrected chi connectivity index (χ4v) is 3.54. The Balaban J connectivity index is 0.00000408. The van der Waals surface area contributed by atoms with E-state index in [0.717, 1.165) is 24.2 Å². The fourth-order valence-electron chi connectivity index (χ4n) is 3.54. The molecule has 1 heterocycles. The predicted octanol–water partition coefficient (Wildman–Crippen LogP) is 5.82. The molecule has 0 aromatic heterocycles. The van der Waals surface area contributed by atoms with E-state index >= 15 is 0 Å². The molecule has 0 atom stereocenters. The summed E-state index contributed by atoms with van der Waals surface area (Å²) in [6.45, 7) is 8.66. The molecule has 2 aromatic carbocycles. The van der Waals surface area contributed by atoms with Crippen LogP contribution in [0.15, 0.2) is 71.5 Å². The fraction of sp³-hybridized carbons (Fsp3) is 0.308. The number of alkyl halides is 2. The number of benzene rings is 2. The number of allylic oxidation sites excluding steroid dienone is 1. The number of carbonyl (C=O) groups is 1. The summed E-state index contributed by atoms with van der Waals surface area (Å²) in [4.78, 5) is 17.9. The Morgan fingerprint density at radius 1 is 1.24 bits per heavy atom. The van der Waals surface area contributed by atoms with Gasteiger partial charge in [0.05, 0.1) is 5.57 Å². The minimum Gasteiger partial charge on any atom is -0.457 e. The van der Waals surface area contributed by atoms with E-state index in [9.17, 15) is 13.6 Å². The SMILES string of the molecule is C=C(C=N/C=C(\C)N1CCc2ccc(Oc3ccc(C(F)(F)CC)cc3)cc2C1)C(=O)NC.[HH]. The number of nitrogens with one attached hydrogen (secondary N) is 1. The summed E-state index contributed by atoms with van der Waals surface area (Å²) in [6, 6.07) is 11.9. The number of halogens is 2. The van der Waals surface area contributed by atoms with E-state index < -0.39 is 5.92 Å². The first-order valence-electron chi connectivity index (χ1n) is 10.9. The Hall–Kier alpha value is -3.48. The highest BCUT2D eigenvalue weighted by Crippen LogP contribution is 2.33. The van der Waals surface area contributed by atoms with Crippen molar-refractivity contribution >= 4 is 12.1 Å². The van der Waals surface area contributed by atoms with Gasteiger partial charge in [0.1, 0.15) is 11.5 Å². The lowest BCUT2D eigenvalue weighted by Crippen LogP contribution is -2.29. The summed E-state index contributed by atoms with van der Waals surface area (Å²) >= 11 is 0. The van der Waals surface area contributed by atoms with Crippen LogP contribution in [0.1, 0.15) is 38.4 Å². The zero-order valence-corrected chi connectivity index (χ0v) is 19.2. The summed E-state index contributed by atoms with van der Waals surface area (Å²) in [5, 5.41) is 2.51. The van der Waals surface area contributed by atoms with E-state index in [2.05, 4.69) is 21.8 Å². The lowest BCUT2D eigenvalue weighted by atomic mass is 9.99. The Morgan fingerprint density at radius 3 is 2.61 bits per heavy atom. The van der Waals surface area contributed by atoms with E-state index in [1.807, 2.05) is 25.1 Å². The highest BCUT2D eigenvalue weighted by Gasteiger charge is 2.28. The zero-order chi connectivity index (χ0) is 24.0. The second kappa shape index (κ2) is 10.4. The van der Waals surface area contributed by atoms with Crippen LogP contribution < -0.4 is 10.1 Å². The highest BCUT2D eigenvalue weighted by atomic mass is 19.3. The van der Waals surface area contributed by atoms with E-state index in [-0.39, 0.29) is 19.3 Å². The van der Waals surface area contributed by atoms with Crippen LogP contribution in [-0.2, 0) is 23.7 Å². The molecule has 0 unspecified atom stereocenters. The highest BCUT2D eigenvalue weighted by molar-refractivity contribution is 6.11. The maximum Gasteiger partial charge on any atom is 0.273 e. The Kier molecular flexibility index (Phi) is 7.63. The van der Waals surface area contributed by atoms with Gasteiger partial charge in [-0.15, -0.1) is 0 Å². The van der Waals surface area contributed by atoms with Gasteiger partial charge in [0.15, 0.2) is 0 Å². The minimum absolute atomic E-state index is 0. The molecule has 0 spiro atoms. The Morgan fingerprint density at radius 2 is 1.94 bits per heavy atom. The number of amides is 1. The summed E-state index contributed by atoms with van der Waals surface area (Å²) in [5.41, 5.74) is 3.64. The molecule has 0 saturated heterocycles. The number of ether oxygens (including phenoxy) is 1. The van der Waals surface area contributed by atoms with Crippen molar-refractivity contribution in [3.8, 4) is 11.5 Å². The molecule has 5 nitrogen and oxygen atoms in total. The first-order valence-corrected chi connectivity index (χ1v) is 10.9. The molecule has 0 saturated carbocycles. The average molecular weight is 456 g/mol. The third kappa shape index (κ3) is 6.06. The van der Waals surface area contributed by atoms with Crippen molar-refractivity contribution in [2.24, 2.45) is 4.99 Å². The largest absolute Gasteiger partial charge is 0.457 e. The van der Waals surface area contributed by atoms with Crippen molar-refractivity contribution in [3.05, 3.63) is 83.2 Å². The first-order chi connectivity index (χ1) is 15.7. The topological polar surface area (TPSA) is 53.9 Å². The van der Waals surface area contributed by atoms with E-state index in [1.54, 1.807) is 25.4 Å². The van der Waals surface area contributed by atoms with Crippen LogP contribution in [0.25, 0.3) is 0 Å². The van der Waals surface area contributed by atoms with E-state index in [0.29, 0.717) is 23.6 Å². The molecular weight excluding hydrogens is 424 g/mol. The van der Waals surface area contributed by atoms with Crippen LogP contribution in [0, 0.1) is 0 Å². The Labute approximate surface area is 195 Å². The molecule has 33 heavy (non-hydrogen) atoms. The molecule has 1 N–H and O–H groups in total. The van der Waals surface area contributed by atoms with Crippen molar-refractivity contribution in [1.82, 2.24) is 10.2 Å². The number of hydrogen-bond acceptors (Lipinski definition) is 4. The standard InChI is InChI=1S/C26H29F2N3O2.H2/c1-5-26(27,28)22-7-10-23(11-8-22)33-24-9-6-20-12-13-31(17-21(20)14-24)19(3)16-30-15-18(2)25(32)29-4;/h6-11,14-16H,2,5,12-13,17H2,1,3-4H3,(H,29,32);1H/b19-16+,30-15?;. The lowest BCUT2D eigenvalue weighted by Gasteiger charge is -2.31. The van der Waals surface area contributed by atoms with Gasteiger partial charge in [0.25, 0.3) is 11.8 Å². The van der Waals surface area contributed by atoms with Crippen LogP contribution in [0.5, 0.6) is 11.5 Å². The van der Waals surface area contributed by atoms with Crippen LogP contribution in [-0.4, -0.2) is 30.6 Å². The molecular formula is C26H31F2N3O2. The van der Waals surface area contributed by atoms with Gasteiger partial charge in [0.2, 0.25) is 0 Å². The van der Waals surface area contributed by atoms with Gasteiger partial charge in [0, 0.05) is 51.7 Å². The number of hydrogen-bond donors (Lipinski definition) is 1. The molecule has 0 radical (unpaired) electrons. The minimum atomic E-state index is -2.83.